The Morgan fingerprint density at radius 3 is 2.67 bits per heavy atom. The smallest absolute Gasteiger partial charge is 0.290 e. The van der Waals surface area contributed by atoms with Gasteiger partial charge in [-0.25, -0.2) is 4.39 Å². The van der Waals surface area contributed by atoms with Gasteiger partial charge in [0.15, 0.2) is 10.4 Å². The summed E-state index contributed by atoms with van der Waals surface area (Å²) < 4.78 is 19.8. The van der Waals surface area contributed by atoms with E-state index in [0.717, 1.165) is 17.5 Å². The van der Waals surface area contributed by atoms with E-state index in [0.29, 0.717) is 16.8 Å². The summed E-state index contributed by atoms with van der Waals surface area (Å²) in [5, 5.41) is 0. The van der Waals surface area contributed by atoms with Crippen LogP contribution in [-0.4, -0.2) is 22.3 Å². The zero-order chi connectivity index (χ0) is 19.4. The van der Waals surface area contributed by atoms with Crippen molar-refractivity contribution in [1.29, 1.82) is 0 Å². The molecule has 3 rings (SSSR count). The molecule has 4 nitrogen and oxygen atoms in total. The van der Waals surface area contributed by atoms with Crippen LogP contribution in [0.3, 0.4) is 0 Å². The monoisotopic (exact) mass is 430 g/mol. The molecule has 27 heavy (non-hydrogen) atoms. The topological polar surface area (TPSA) is 46.3 Å². The molecule has 1 aromatic carbocycles. The van der Waals surface area contributed by atoms with Crippen LogP contribution in [0.4, 0.5) is 4.39 Å². The molecule has 3 aromatic rings. The minimum Gasteiger partial charge on any atom is -0.444 e. The van der Waals surface area contributed by atoms with Gasteiger partial charge in [-0.15, -0.1) is 0 Å². The van der Waals surface area contributed by atoms with Crippen LogP contribution in [-0.2, 0) is 0 Å². The fraction of sp³-hybridized carbons (Fsp3) is 0.238. The van der Waals surface area contributed by atoms with Gasteiger partial charge in [-0.1, -0.05) is 25.1 Å². The first-order valence-electron chi connectivity index (χ1n) is 8.73. The number of aromatic nitrogens is 1. The molecule has 0 radical (unpaired) electrons. The van der Waals surface area contributed by atoms with Crippen molar-refractivity contribution >= 4 is 21.8 Å². The van der Waals surface area contributed by atoms with Gasteiger partial charge in [-0.2, -0.15) is 0 Å². The number of carbonyl (C=O) groups is 1. The number of benzene rings is 1. The second-order valence-corrected chi connectivity index (χ2v) is 7.08. The lowest BCUT2D eigenvalue weighted by molar-refractivity contribution is 0.0672. The zero-order valence-electron chi connectivity index (χ0n) is 15.2. The molecule has 0 saturated heterocycles. The lowest BCUT2D eigenvalue weighted by Crippen LogP contribution is -2.36. The molecule has 1 unspecified atom stereocenters. The van der Waals surface area contributed by atoms with Crippen molar-refractivity contribution in [3.63, 3.8) is 0 Å². The summed E-state index contributed by atoms with van der Waals surface area (Å²) in [5.41, 5.74) is 2.22. The number of carbonyl (C=O) groups excluding carboxylic acids is 1. The Balaban J connectivity index is 2.10. The van der Waals surface area contributed by atoms with Crippen molar-refractivity contribution in [2.24, 2.45) is 0 Å². The molecule has 0 bridgehead atoms. The van der Waals surface area contributed by atoms with E-state index in [-0.39, 0.29) is 17.5 Å². The van der Waals surface area contributed by atoms with Gasteiger partial charge in [0.2, 0.25) is 0 Å². The minimum absolute atomic E-state index is 0.224. The van der Waals surface area contributed by atoms with E-state index >= 15 is 0 Å². The number of halogens is 2. The lowest BCUT2D eigenvalue weighted by atomic mass is 9.96. The van der Waals surface area contributed by atoms with Gasteiger partial charge in [-0.05, 0) is 70.2 Å². The molecule has 0 aliphatic heterocycles. The predicted molar refractivity (Wildman–Crippen MR) is 105 cm³/mol. The van der Waals surface area contributed by atoms with Gasteiger partial charge >= 0.3 is 0 Å². The lowest BCUT2D eigenvalue weighted by Gasteiger charge is -2.32. The molecular weight excluding hydrogens is 411 g/mol. The maximum atomic E-state index is 13.8. The van der Waals surface area contributed by atoms with E-state index in [1.165, 1.54) is 6.07 Å². The summed E-state index contributed by atoms with van der Waals surface area (Å²) in [5.74, 6) is -0.242. The number of pyridine rings is 1. The number of furan rings is 1. The normalized spacial score (nSPS) is 12.0. The maximum Gasteiger partial charge on any atom is 0.290 e. The first-order chi connectivity index (χ1) is 13.0. The minimum atomic E-state index is -0.394. The third-order valence-electron chi connectivity index (χ3n) is 4.32. The van der Waals surface area contributed by atoms with Gasteiger partial charge in [0.1, 0.15) is 5.82 Å². The van der Waals surface area contributed by atoms with Crippen molar-refractivity contribution in [3.8, 4) is 0 Å². The highest BCUT2D eigenvalue weighted by atomic mass is 79.9. The zero-order valence-corrected chi connectivity index (χ0v) is 16.7. The van der Waals surface area contributed by atoms with Gasteiger partial charge in [0, 0.05) is 18.9 Å². The van der Waals surface area contributed by atoms with Gasteiger partial charge < -0.3 is 9.32 Å². The van der Waals surface area contributed by atoms with Gasteiger partial charge in [0.25, 0.3) is 5.91 Å². The predicted octanol–water partition coefficient (Wildman–Crippen LogP) is 5.53. The quantitative estimate of drug-likeness (QED) is 0.516. The number of nitrogens with zero attached hydrogens (tertiary/aromatic N) is 2. The summed E-state index contributed by atoms with van der Waals surface area (Å²) in [6, 6.07) is 11.6. The van der Waals surface area contributed by atoms with E-state index in [1.54, 1.807) is 48.5 Å². The van der Waals surface area contributed by atoms with Crippen LogP contribution in [0.2, 0.25) is 0 Å². The molecule has 2 aromatic heterocycles. The number of rotatable bonds is 6. The SMILES string of the molecule is CCCN(C(=O)c1ccc(Br)o1)C(c1cccnc1)c1ccc(F)c(C)c1. The molecule has 6 heteroatoms. The molecule has 0 spiro atoms. The Kier molecular flexibility index (Phi) is 6.06. The highest BCUT2D eigenvalue weighted by Crippen LogP contribution is 2.31. The molecule has 0 saturated carbocycles. The Morgan fingerprint density at radius 2 is 2.07 bits per heavy atom. The highest BCUT2D eigenvalue weighted by molar-refractivity contribution is 9.10. The van der Waals surface area contributed by atoms with Gasteiger partial charge in [-0.3, -0.25) is 9.78 Å². The second-order valence-electron chi connectivity index (χ2n) is 6.30. The largest absolute Gasteiger partial charge is 0.444 e. The highest BCUT2D eigenvalue weighted by Gasteiger charge is 2.29. The van der Waals surface area contributed by atoms with Crippen molar-refractivity contribution < 1.29 is 13.6 Å². The summed E-state index contributed by atoms with van der Waals surface area (Å²) in [6.45, 7) is 4.25. The molecule has 0 aliphatic carbocycles. The van der Waals surface area contributed by atoms with Crippen LogP contribution in [0.1, 0.15) is 46.6 Å². The Hall–Kier alpha value is -2.47. The summed E-state index contributed by atoms with van der Waals surface area (Å²) in [4.78, 5) is 19.2. The molecule has 1 atom stereocenters. The van der Waals surface area contributed by atoms with Crippen molar-refractivity contribution in [2.75, 3.05) is 6.54 Å². The van der Waals surface area contributed by atoms with Crippen molar-refractivity contribution in [3.05, 3.63) is 87.8 Å². The molecule has 0 N–H and O–H groups in total. The van der Waals surface area contributed by atoms with E-state index < -0.39 is 6.04 Å². The molecular formula is C21H20BrFN2O2. The summed E-state index contributed by atoms with van der Waals surface area (Å²) >= 11 is 3.24. The average Bonchev–Trinajstić information content (AvgIpc) is 3.11. The van der Waals surface area contributed by atoms with Crippen molar-refractivity contribution in [2.45, 2.75) is 26.3 Å². The number of hydrogen-bond donors (Lipinski definition) is 0. The molecule has 0 fully saturated rings. The Bertz CT molecular complexity index is 927. The van der Waals surface area contributed by atoms with E-state index in [1.807, 2.05) is 19.1 Å². The van der Waals surface area contributed by atoms with E-state index in [9.17, 15) is 9.18 Å². The maximum absolute atomic E-state index is 13.8. The van der Waals surface area contributed by atoms with Crippen LogP contribution in [0.25, 0.3) is 0 Å². The van der Waals surface area contributed by atoms with E-state index in [4.69, 9.17) is 4.42 Å². The van der Waals surface area contributed by atoms with Crippen molar-refractivity contribution in [1.82, 2.24) is 9.88 Å². The second kappa shape index (κ2) is 8.48. The molecule has 2 heterocycles. The van der Waals surface area contributed by atoms with Crippen LogP contribution < -0.4 is 0 Å². The van der Waals surface area contributed by atoms with Crippen LogP contribution >= 0.6 is 15.9 Å². The number of amides is 1. The third-order valence-corrected chi connectivity index (χ3v) is 4.75. The number of aryl methyl sites for hydroxylation is 1. The third kappa shape index (κ3) is 4.27. The Morgan fingerprint density at radius 1 is 1.26 bits per heavy atom. The summed E-state index contributed by atoms with van der Waals surface area (Å²) in [6.07, 6.45) is 4.19. The fourth-order valence-corrected chi connectivity index (χ4v) is 3.39. The molecule has 1 amide bonds. The first-order valence-corrected chi connectivity index (χ1v) is 9.52. The Labute approximate surface area is 166 Å². The van der Waals surface area contributed by atoms with Crippen LogP contribution in [0, 0.1) is 12.7 Å². The number of hydrogen-bond acceptors (Lipinski definition) is 3. The first kappa shape index (κ1) is 19.3. The standard InChI is InChI=1S/C21H20BrFN2O2/c1-3-11-25(21(26)18-8-9-19(22)27-18)20(16-5-4-10-24-13-16)15-6-7-17(23)14(2)12-15/h4-10,12-13,20H,3,11H2,1-2H3. The fourth-order valence-electron chi connectivity index (χ4n) is 3.09. The van der Waals surface area contributed by atoms with Crippen LogP contribution in [0.15, 0.2) is 63.9 Å². The molecule has 140 valence electrons. The van der Waals surface area contributed by atoms with E-state index in [2.05, 4.69) is 20.9 Å². The molecule has 0 aliphatic rings. The van der Waals surface area contributed by atoms with Gasteiger partial charge in [0.05, 0.1) is 6.04 Å². The van der Waals surface area contributed by atoms with Crippen LogP contribution in [0.5, 0.6) is 0 Å². The average molecular weight is 431 g/mol. The summed E-state index contributed by atoms with van der Waals surface area (Å²) in [7, 11) is 0.